The lowest BCUT2D eigenvalue weighted by Gasteiger charge is -2.21. The Morgan fingerprint density at radius 3 is 2.42 bits per heavy atom. The van der Waals surface area contributed by atoms with Crippen molar-refractivity contribution >= 4 is 0 Å². The van der Waals surface area contributed by atoms with Crippen molar-refractivity contribution < 1.29 is 0 Å². The topological polar surface area (TPSA) is 39.1 Å². The van der Waals surface area contributed by atoms with Crippen molar-refractivity contribution in [3.8, 4) is 6.07 Å². The minimum absolute atomic E-state index is 0.00815. The van der Waals surface area contributed by atoms with E-state index < -0.39 is 0 Å². The van der Waals surface area contributed by atoms with Gasteiger partial charge in [0.1, 0.15) is 0 Å². The number of nitrogens with zero attached hydrogens (tertiary/aromatic N) is 2. The highest BCUT2D eigenvalue weighted by molar-refractivity contribution is 4.88. The molecule has 0 aromatic carbocycles. The van der Waals surface area contributed by atoms with Crippen LogP contribution in [0, 0.1) is 11.3 Å². The molecule has 0 aliphatic heterocycles. The largest absolute Gasteiger partial charge is 0.305 e. The Morgan fingerprint density at radius 1 is 1.50 bits per heavy atom. The van der Waals surface area contributed by atoms with E-state index >= 15 is 0 Å². The van der Waals surface area contributed by atoms with Gasteiger partial charge in [0, 0.05) is 12.6 Å². The molecule has 0 aliphatic rings. The average molecular weight is 169 g/mol. The Hall–Kier alpha value is -0.590. The zero-order valence-electron chi connectivity index (χ0n) is 8.46. The molecule has 0 rings (SSSR count). The first-order chi connectivity index (χ1) is 5.61. The van der Waals surface area contributed by atoms with Crippen LogP contribution in [0.25, 0.3) is 0 Å². The van der Waals surface area contributed by atoms with Crippen molar-refractivity contribution in [1.29, 1.82) is 5.26 Å². The summed E-state index contributed by atoms with van der Waals surface area (Å²) in [6.07, 6.45) is 0.891. The summed E-state index contributed by atoms with van der Waals surface area (Å²) in [4.78, 5) is 2.24. The van der Waals surface area contributed by atoms with Crippen LogP contribution in [-0.2, 0) is 0 Å². The van der Waals surface area contributed by atoms with Gasteiger partial charge >= 0.3 is 0 Å². The molecule has 0 bridgehead atoms. The van der Waals surface area contributed by atoms with Crippen LogP contribution in [-0.4, -0.2) is 37.6 Å². The van der Waals surface area contributed by atoms with E-state index in [1.54, 1.807) is 0 Å². The minimum Gasteiger partial charge on any atom is -0.305 e. The van der Waals surface area contributed by atoms with Gasteiger partial charge in [0.25, 0.3) is 0 Å². The lowest BCUT2D eigenvalue weighted by Crippen LogP contribution is -2.32. The van der Waals surface area contributed by atoms with Gasteiger partial charge in [0.2, 0.25) is 0 Å². The Morgan fingerprint density at radius 2 is 2.08 bits per heavy atom. The molecule has 1 unspecified atom stereocenters. The number of hydrogen-bond acceptors (Lipinski definition) is 3. The summed E-state index contributed by atoms with van der Waals surface area (Å²) in [5.74, 6) is 0. The zero-order valence-corrected chi connectivity index (χ0v) is 8.46. The molecule has 1 atom stereocenters. The van der Waals surface area contributed by atoms with Crippen LogP contribution in [0.15, 0.2) is 0 Å². The van der Waals surface area contributed by atoms with Gasteiger partial charge in [-0.15, -0.1) is 0 Å². The Balaban J connectivity index is 3.60. The highest BCUT2D eigenvalue weighted by atomic mass is 15.1. The highest BCUT2D eigenvalue weighted by Gasteiger charge is 2.07. The standard InChI is InChI=1S/C9H19N3/c1-8(2)12(4)6-5-9(7-10)11-3/h8-9,11H,5-6H2,1-4H3. The molecule has 0 amide bonds. The molecular weight excluding hydrogens is 150 g/mol. The Kier molecular flexibility index (Phi) is 5.69. The van der Waals surface area contributed by atoms with Gasteiger partial charge in [-0.2, -0.15) is 5.26 Å². The maximum absolute atomic E-state index is 8.65. The molecule has 0 radical (unpaired) electrons. The smallest absolute Gasteiger partial charge is 0.0962 e. The fraction of sp³-hybridized carbons (Fsp3) is 0.889. The molecule has 0 aliphatic carbocycles. The molecule has 12 heavy (non-hydrogen) atoms. The number of rotatable bonds is 5. The fourth-order valence-corrected chi connectivity index (χ4v) is 0.864. The molecule has 3 nitrogen and oxygen atoms in total. The van der Waals surface area contributed by atoms with E-state index in [0.717, 1.165) is 13.0 Å². The summed E-state index contributed by atoms with van der Waals surface area (Å²) in [6.45, 7) is 5.28. The van der Waals surface area contributed by atoms with E-state index in [1.807, 2.05) is 7.05 Å². The van der Waals surface area contributed by atoms with Gasteiger partial charge in [0.15, 0.2) is 0 Å². The van der Waals surface area contributed by atoms with Gasteiger partial charge in [-0.05, 0) is 34.4 Å². The van der Waals surface area contributed by atoms with Gasteiger partial charge in [-0.3, -0.25) is 0 Å². The minimum atomic E-state index is -0.00815. The normalized spacial score (nSPS) is 13.4. The first-order valence-corrected chi connectivity index (χ1v) is 4.39. The fourth-order valence-electron chi connectivity index (χ4n) is 0.864. The maximum Gasteiger partial charge on any atom is 0.0962 e. The van der Waals surface area contributed by atoms with E-state index in [4.69, 9.17) is 5.26 Å². The summed E-state index contributed by atoms with van der Waals surface area (Å²) in [6, 6.07) is 2.76. The second-order valence-corrected chi connectivity index (χ2v) is 3.33. The average Bonchev–Trinajstić information content (AvgIpc) is 2.05. The van der Waals surface area contributed by atoms with E-state index in [-0.39, 0.29) is 6.04 Å². The zero-order chi connectivity index (χ0) is 9.56. The summed E-state index contributed by atoms with van der Waals surface area (Å²) in [5.41, 5.74) is 0. The quantitative estimate of drug-likeness (QED) is 0.662. The third-order valence-corrected chi connectivity index (χ3v) is 2.16. The summed E-state index contributed by atoms with van der Waals surface area (Å²) >= 11 is 0. The van der Waals surface area contributed by atoms with E-state index in [2.05, 4.69) is 37.2 Å². The lowest BCUT2D eigenvalue weighted by atomic mass is 10.2. The van der Waals surface area contributed by atoms with Crippen LogP contribution in [0.4, 0.5) is 0 Å². The molecule has 3 heteroatoms. The van der Waals surface area contributed by atoms with Crippen LogP contribution >= 0.6 is 0 Å². The van der Waals surface area contributed by atoms with Gasteiger partial charge in [-0.25, -0.2) is 0 Å². The number of hydrogen-bond donors (Lipinski definition) is 1. The lowest BCUT2D eigenvalue weighted by molar-refractivity contribution is 0.264. The predicted octanol–water partition coefficient (Wildman–Crippen LogP) is 0.828. The van der Waals surface area contributed by atoms with Crippen molar-refractivity contribution in [2.24, 2.45) is 0 Å². The van der Waals surface area contributed by atoms with Crippen molar-refractivity contribution in [2.45, 2.75) is 32.4 Å². The van der Waals surface area contributed by atoms with E-state index in [1.165, 1.54) is 0 Å². The van der Waals surface area contributed by atoms with Crippen LogP contribution in [0.3, 0.4) is 0 Å². The molecular formula is C9H19N3. The SMILES string of the molecule is CNC(C#N)CCN(C)C(C)C. The summed E-state index contributed by atoms with van der Waals surface area (Å²) in [5, 5.41) is 11.6. The number of nitrogens with one attached hydrogen (secondary N) is 1. The molecule has 0 aromatic heterocycles. The van der Waals surface area contributed by atoms with Crippen LogP contribution < -0.4 is 5.32 Å². The van der Waals surface area contributed by atoms with Gasteiger partial charge in [0.05, 0.1) is 12.1 Å². The van der Waals surface area contributed by atoms with E-state index in [0.29, 0.717) is 6.04 Å². The van der Waals surface area contributed by atoms with Crippen molar-refractivity contribution in [2.75, 3.05) is 20.6 Å². The highest BCUT2D eigenvalue weighted by Crippen LogP contribution is 1.97. The monoisotopic (exact) mass is 169 g/mol. The maximum atomic E-state index is 8.65. The molecule has 0 aromatic rings. The van der Waals surface area contributed by atoms with Crippen LogP contribution in [0.1, 0.15) is 20.3 Å². The first kappa shape index (κ1) is 11.4. The molecule has 0 saturated heterocycles. The molecule has 0 heterocycles. The molecule has 1 N–H and O–H groups in total. The van der Waals surface area contributed by atoms with Crippen LogP contribution in [0.2, 0.25) is 0 Å². The third kappa shape index (κ3) is 4.32. The predicted molar refractivity (Wildman–Crippen MR) is 50.8 cm³/mol. The Labute approximate surface area is 75.4 Å². The number of nitriles is 1. The van der Waals surface area contributed by atoms with Gasteiger partial charge < -0.3 is 10.2 Å². The Bertz CT molecular complexity index is 148. The molecule has 0 fully saturated rings. The summed E-state index contributed by atoms with van der Waals surface area (Å²) in [7, 11) is 3.90. The summed E-state index contributed by atoms with van der Waals surface area (Å²) < 4.78 is 0. The van der Waals surface area contributed by atoms with Gasteiger partial charge in [-0.1, -0.05) is 0 Å². The second kappa shape index (κ2) is 5.99. The van der Waals surface area contributed by atoms with Crippen molar-refractivity contribution in [3.05, 3.63) is 0 Å². The molecule has 0 saturated carbocycles. The molecule has 0 spiro atoms. The molecule has 70 valence electrons. The van der Waals surface area contributed by atoms with Crippen molar-refractivity contribution in [3.63, 3.8) is 0 Å². The van der Waals surface area contributed by atoms with E-state index in [9.17, 15) is 0 Å². The van der Waals surface area contributed by atoms with Crippen molar-refractivity contribution in [1.82, 2.24) is 10.2 Å². The first-order valence-electron chi connectivity index (χ1n) is 4.39. The van der Waals surface area contributed by atoms with Crippen LogP contribution in [0.5, 0.6) is 0 Å². The second-order valence-electron chi connectivity index (χ2n) is 3.33. The third-order valence-electron chi connectivity index (χ3n) is 2.16.